The minimum Gasteiger partial charge on any atom is -0.378 e. The van der Waals surface area contributed by atoms with Crippen molar-refractivity contribution >= 4 is 40.0 Å². The molecule has 4 rings (SSSR count). The maximum absolute atomic E-state index is 13.0. The van der Waals surface area contributed by atoms with E-state index in [0.717, 1.165) is 35.0 Å². The Kier molecular flexibility index (Phi) is 6.94. The Bertz CT molecular complexity index is 1130. The van der Waals surface area contributed by atoms with Crippen LogP contribution >= 0.6 is 11.6 Å². The summed E-state index contributed by atoms with van der Waals surface area (Å²) < 4.78 is 0. The van der Waals surface area contributed by atoms with Crippen LogP contribution in [0.5, 0.6) is 0 Å². The molecule has 6 nitrogen and oxygen atoms in total. The Balaban J connectivity index is 1.28. The van der Waals surface area contributed by atoms with Crippen LogP contribution in [0.1, 0.15) is 35.8 Å². The van der Waals surface area contributed by atoms with E-state index < -0.39 is 0 Å². The second-order valence-electron chi connectivity index (χ2n) is 9.11. The molecule has 0 spiro atoms. The van der Waals surface area contributed by atoms with E-state index >= 15 is 0 Å². The smallest absolute Gasteiger partial charge is 0.270 e. The average Bonchev–Trinajstić information content (AvgIpc) is 3.25. The molecule has 3 aromatic rings. The first-order valence-electron chi connectivity index (χ1n) is 11.4. The summed E-state index contributed by atoms with van der Waals surface area (Å²) in [6.07, 6.45) is 1.65. The fraction of sp³-hybridized carbons (Fsp3) is 0.385. The van der Waals surface area contributed by atoms with E-state index in [2.05, 4.69) is 27.3 Å². The number of hydrogen-bond acceptors (Lipinski definition) is 3. The molecule has 1 atom stereocenters. The van der Waals surface area contributed by atoms with E-state index in [1.807, 2.05) is 62.3 Å². The van der Waals surface area contributed by atoms with Crippen molar-refractivity contribution in [3.05, 3.63) is 64.8 Å². The molecule has 2 N–H and O–H groups in total. The number of anilines is 1. The first-order chi connectivity index (χ1) is 15.8. The molecule has 2 amide bonds. The number of fused-ring (bicyclic) bond motifs is 1. The monoisotopic (exact) mass is 466 g/mol. The van der Waals surface area contributed by atoms with Crippen molar-refractivity contribution in [2.45, 2.75) is 26.3 Å². The third-order valence-electron chi connectivity index (χ3n) is 6.68. The van der Waals surface area contributed by atoms with E-state index in [1.165, 1.54) is 0 Å². The maximum atomic E-state index is 13.0. The van der Waals surface area contributed by atoms with Gasteiger partial charge in [0, 0.05) is 61.3 Å². The van der Waals surface area contributed by atoms with E-state index in [-0.39, 0.29) is 23.7 Å². The Hall–Kier alpha value is -2.99. The third-order valence-corrected chi connectivity index (χ3v) is 6.92. The van der Waals surface area contributed by atoms with Gasteiger partial charge in [-0.25, -0.2) is 0 Å². The fourth-order valence-electron chi connectivity index (χ4n) is 4.47. The summed E-state index contributed by atoms with van der Waals surface area (Å²) >= 11 is 6.06. The number of nitrogens with zero attached hydrogens (tertiary/aromatic N) is 2. The number of amides is 2. The van der Waals surface area contributed by atoms with Crippen LogP contribution in [0, 0.1) is 11.8 Å². The number of likely N-dealkylation sites (tertiary alicyclic amines) is 1. The third kappa shape index (κ3) is 5.33. The SMILES string of the molecule is C[C@@H](C(=O)NCc1ccc(N(C)C)cc1)C1CCN(C(=O)c2cc3cc(Cl)ccc3[nH]2)CC1. The standard InChI is InChI=1S/C26H31ClN4O2/c1-17(25(32)28-16-18-4-7-22(8-5-18)30(2)3)19-10-12-31(13-11-19)26(33)24-15-20-14-21(27)6-9-23(20)29-24/h4-9,14-15,17,19,29H,10-13,16H2,1-3H3,(H,28,32)/t17-/m1/s1. The minimum absolute atomic E-state index is 0.000881. The van der Waals surface area contributed by atoms with Crippen LogP contribution < -0.4 is 10.2 Å². The molecule has 2 aromatic carbocycles. The Morgan fingerprint density at radius 1 is 1.12 bits per heavy atom. The highest BCUT2D eigenvalue weighted by Crippen LogP contribution is 2.27. The number of aromatic nitrogens is 1. The Morgan fingerprint density at radius 2 is 1.82 bits per heavy atom. The van der Waals surface area contributed by atoms with Crippen molar-refractivity contribution in [3.8, 4) is 0 Å². The van der Waals surface area contributed by atoms with Crippen LogP contribution in [0.25, 0.3) is 10.9 Å². The first kappa shape index (κ1) is 23.2. The molecule has 0 radical (unpaired) electrons. The summed E-state index contributed by atoms with van der Waals surface area (Å²) in [6, 6.07) is 15.6. The van der Waals surface area contributed by atoms with Gasteiger partial charge < -0.3 is 20.1 Å². The second-order valence-corrected chi connectivity index (χ2v) is 9.55. The number of benzene rings is 2. The van der Waals surface area contributed by atoms with Crippen molar-refractivity contribution in [2.24, 2.45) is 11.8 Å². The zero-order chi connectivity index (χ0) is 23.5. The van der Waals surface area contributed by atoms with Gasteiger partial charge in [-0.2, -0.15) is 0 Å². The summed E-state index contributed by atoms with van der Waals surface area (Å²) in [4.78, 5) is 32.8. The van der Waals surface area contributed by atoms with Crippen molar-refractivity contribution in [1.82, 2.24) is 15.2 Å². The van der Waals surface area contributed by atoms with Gasteiger partial charge in [0.25, 0.3) is 5.91 Å². The zero-order valence-corrected chi connectivity index (χ0v) is 20.2. The fourth-order valence-corrected chi connectivity index (χ4v) is 4.65. The number of carbonyl (C=O) groups is 2. The highest BCUT2D eigenvalue weighted by molar-refractivity contribution is 6.31. The Morgan fingerprint density at radius 3 is 2.48 bits per heavy atom. The number of rotatable bonds is 6. The van der Waals surface area contributed by atoms with Crippen LogP contribution in [0.2, 0.25) is 5.02 Å². The van der Waals surface area contributed by atoms with Gasteiger partial charge in [0.1, 0.15) is 5.69 Å². The van der Waals surface area contributed by atoms with Crippen LogP contribution in [0.15, 0.2) is 48.5 Å². The quantitative estimate of drug-likeness (QED) is 0.553. The number of H-pyrrole nitrogens is 1. The van der Waals surface area contributed by atoms with Crippen LogP contribution in [-0.2, 0) is 11.3 Å². The van der Waals surface area contributed by atoms with E-state index in [0.29, 0.717) is 30.4 Å². The summed E-state index contributed by atoms with van der Waals surface area (Å²) in [5.41, 5.74) is 3.70. The predicted molar refractivity (Wildman–Crippen MR) is 134 cm³/mol. The molecule has 174 valence electrons. The number of aromatic amines is 1. The molecule has 0 saturated carbocycles. The molecule has 7 heteroatoms. The number of piperidine rings is 1. The lowest BCUT2D eigenvalue weighted by molar-refractivity contribution is -0.126. The number of carbonyl (C=O) groups excluding carboxylic acids is 2. The molecule has 33 heavy (non-hydrogen) atoms. The highest BCUT2D eigenvalue weighted by Gasteiger charge is 2.30. The van der Waals surface area contributed by atoms with Gasteiger partial charge >= 0.3 is 0 Å². The summed E-state index contributed by atoms with van der Waals surface area (Å²) in [5.74, 6) is 0.258. The molecule has 0 unspecified atom stereocenters. The lowest BCUT2D eigenvalue weighted by Gasteiger charge is -2.34. The van der Waals surface area contributed by atoms with E-state index in [9.17, 15) is 9.59 Å². The van der Waals surface area contributed by atoms with Gasteiger partial charge in [0.05, 0.1) is 0 Å². The average molecular weight is 467 g/mol. The molecule has 0 aliphatic carbocycles. The van der Waals surface area contributed by atoms with Crippen molar-refractivity contribution in [3.63, 3.8) is 0 Å². The van der Waals surface area contributed by atoms with Crippen molar-refractivity contribution in [2.75, 3.05) is 32.1 Å². The highest BCUT2D eigenvalue weighted by atomic mass is 35.5. The molecular weight excluding hydrogens is 436 g/mol. The summed E-state index contributed by atoms with van der Waals surface area (Å²) in [5, 5.41) is 4.66. The van der Waals surface area contributed by atoms with E-state index in [4.69, 9.17) is 11.6 Å². The summed E-state index contributed by atoms with van der Waals surface area (Å²) in [6.45, 7) is 3.83. The van der Waals surface area contributed by atoms with Crippen LogP contribution in [-0.4, -0.2) is 48.9 Å². The van der Waals surface area contributed by atoms with Gasteiger partial charge in [-0.05, 0) is 60.7 Å². The summed E-state index contributed by atoms with van der Waals surface area (Å²) in [7, 11) is 4.01. The minimum atomic E-state index is -0.0847. The van der Waals surface area contributed by atoms with Gasteiger partial charge in [0.2, 0.25) is 5.91 Å². The van der Waals surface area contributed by atoms with Gasteiger partial charge in [-0.1, -0.05) is 30.7 Å². The predicted octanol–water partition coefficient (Wildman–Crippen LogP) is 4.69. The number of nitrogens with one attached hydrogen (secondary N) is 2. The van der Waals surface area contributed by atoms with Crippen LogP contribution in [0.4, 0.5) is 5.69 Å². The van der Waals surface area contributed by atoms with Crippen molar-refractivity contribution in [1.29, 1.82) is 0 Å². The second kappa shape index (κ2) is 9.87. The molecule has 1 fully saturated rings. The Labute approximate surface area is 199 Å². The molecule has 1 saturated heterocycles. The first-order valence-corrected chi connectivity index (χ1v) is 11.8. The number of hydrogen-bond donors (Lipinski definition) is 2. The van der Waals surface area contributed by atoms with Gasteiger partial charge in [-0.3, -0.25) is 9.59 Å². The topological polar surface area (TPSA) is 68.4 Å². The van der Waals surface area contributed by atoms with Crippen molar-refractivity contribution < 1.29 is 9.59 Å². The van der Waals surface area contributed by atoms with Gasteiger partial charge in [-0.15, -0.1) is 0 Å². The molecule has 0 bridgehead atoms. The molecule has 1 aromatic heterocycles. The maximum Gasteiger partial charge on any atom is 0.270 e. The number of halogens is 1. The lowest BCUT2D eigenvalue weighted by Crippen LogP contribution is -2.42. The largest absolute Gasteiger partial charge is 0.378 e. The zero-order valence-electron chi connectivity index (χ0n) is 19.4. The van der Waals surface area contributed by atoms with Crippen LogP contribution in [0.3, 0.4) is 0 Å². The molecule has 2 heterocycles. The lowest BCUT2D eigenvalue weighted by atomic mass is 9.84. The van der Waals surface area contributed by atoms with E-state index in [1.54, 1.807) is 0 Å². The molecular formula is C26H31ClN4O2. The molecule has 1 aliphatic heterocycles. The normalized spacial score (nSPS) is 15.5. The van der Waals surface area contributed by atoms with Gasteiger partial charge in [0.15, 0.2) is 0 Å². The molecule has 1 aliphatic rings.